The molecule has 1 atom stereocenters. The van der Waals surface area contributed by atoms with Gasteiger partial charge in [0, 0.05) is 12.6 Å². The van der Waals surface area contributed by atoms with Crippen LogP contribution < -0.4 is 5.32 Å². The van der Waals surface area contributed by atoms with Crippen LogP contribution in [0.4, 0.5) is 4.79 Å². The van der Waals surface area contributed by atoms with Gasteiger partial charge in [0.05, 0.1) is 0 Å². The Labute approximate surface area is 89.4 Å². The number of hydrogen-bond donors (Lipinski definition) is 2. The van der Waals surface area contributed by atoms with E-state index in [0.29, 0.717) is 6.54 Å². The third-order valence-electron chi connectivity index (χ3n) is 2.77. The van der Waals surface area contributed by atoms with Gasteiger partial charge in [-0.05, 0) is 33.6 Å². The summed E-state index contributed by atoms with van der Waals surface area (Å²) in [6.45, 7) is 5.64. The monoisotopic (exact) mass is 214 g/mol. The predicted octanol–water partition coefficient (Wildman–Crippen LogP) is 1.04. The minimum absolute atomic E-state index is 0.203. The molecule has 1 rings (SSSR count). The van der Waals surface area contributed by atoms with Crippen molar-refractivity contribution in [2.24, 2.45) is 0 Å². The van der Waals surface area contributed by atoms with Gasteiger partial charge in [0.1, 0.15) is 5.54 Å². The van der Waals surface area contributed by atoms with E-state index in [9.17, 15) is 9.59 Å². The van der Waals surface area contributed by atoms with Gasteiger partial charge in [-0.15, -0.1) is 0 Å². The fourth-order valence-electron chi connectivity index (χ4n) is 1.63. The van der Waals surface area contributed by atoms with Crippen molar-refractivity contribution in [1.82, 2.24) is 10.2 Å². The lowest BCUT2D eigenvalue weighted by Crippen LogP contribution is -2.54. The molecule has 1 heterocycles. The molecule has 1 unspecified atom stereocenters. The van der Waals surface area contributed by atoms with E-state index in [1.165, 1.54) is 13.8 Å². The summed E-state index contributed by atoms with van der Waals surface area (Å²) in [6, 6.07) is -0.0815. The highest BCUT2D eigenvalue weighted by atomic mass is 16.4. The Morgan fingerprint density at radius 3 is 2.47 bits per heavy atom. The van der Waals surface area contributed by atoms with Gasteiger partial charge in [-0.25, -0.2) is 9.59 Å². The molecule has 0 saturated carbocycles. The summed E-state index contributed by atoms with van der Waals surface area (Å²) < 4.78 is 0. The molecule has 1 fully saturated rings. The minimum atomic E-state index is -1.21. The smallest absolute Gasteiger partial charge is 0.328 e. The van der Waals surface area contributed by atoms with Crippen molar-refractivity contribution in [2.45, 2.75) is 45.2 Å². The summed E-state index contributed by atoms with van der Waals surface area (Å²) in [4.78, 5) is 24.2. The molecule has 0 bridgehead atoms. The van der Waals surface area contributed by atoms with E-state index in [1.807, 2.05) is 6.92 Å². The maximum Gasteiger partial charge on any atom is 0.328 e. The number of nitrogens with one attached hydrogen (secondary N) is 1. The number of carbonyl (C=O) groups is 2. The van der Waals surface area contributed by atoms with Crippen molar-refractivity contribution >= 4 is 12.0 Å². The lowest BCUT2D eigenvalue weighted by atomic mass is 10.1. The maximum absolute atomic E-state index is 11.7. The van der Waals surface area contributed by atoms with Crippen LogP contribution in [0.5, 0.6) is 0 Å². The fourth-order valence-corrected chi connectivity index (χ4v) is 1.63. The van der Waals surface area contributed by atoms with Crippen LogP contribution in [0.1, 0.15) is 33.6 Å². The van der Waals surface area contributed by atoms with Gasteiger partial charge in [-0.3, -0.25) is 0 Å². The molecular weight excluding hydrogens is 196 g/mol. The van der Waals surface area contributed by atoms with Gasteiger partial charge in [0.25, 0.3) is 0 Å². The largest absolute Gasteiger partial charge is 0.480 e. The van der Waals surface area contributed by atoms with E-state index in [4.69, 9.17) is 5.11 Å². The molecule has 0 aromatic rings. The van der Waals surface area contributed by atoms with Crippen LogP contribution in [-0.4, -0.2) is 40.1 Å². The molecule has 2 N–H and O–H groups in total. The highest BCUT2D eigenvalue weighted by Crippen LogP contribution is 2.17. The summed E-state index contributed by atoms with van der Waals surface area (Å²) >= 11 is 0. The topological polar surface area (TPSA) is 69.6 Å². The van der Waals surface area contributed by atoms with E-state index in [0.717, 1.165) is 12.8 Å². The Balaban J connectivity index is 2.59. The first-order valence-corrected chi connectivity index (χ1v) is 5.17. The normalized spacial score (nSPS) is 21.5. The maximum atomic E-state index is 11.7. The Morgan fingerprint density at radius 2 is 2.07 bits per heavy atom. The molecule has 2 amide bonds. The number of carboxylic acids is 1. The Bertz CT molecular complexity index is 276. The molecule has 15 heavy (non-hydrogen) atoms. The van der Waals surface area contributed by atoms with Gasteiger partial charge in [-0.2, -0.15) is 0 Å². The highest BCUT2D eigenvalue weighted by molar-refractivity contribution is 5.85. The van der Waals surface area contributed by atoms with E-state index in [1.54, 1.807) is 4.90 Å². The lowest BCUT2D eigenvalue weighted by Gasteiger charge is -2.27. The molecule has 86 valence electrons. The number of urea groups is 1. The van der Waals surface area contributed by atoms with Gasteiger partial charge in [0.15, 0.2) is 0 Å². The van der Waals surface area contributed by atoms with Crippen molar-refractivity contribution < 1.29 is 14.7 Å². The second-order valence-corrected chi connectivity index (χ2v) is 4.54. The third-order valence-corrected chi connectivity index (χ3v) is 2.77. The molecular formula is C10H18N2O3. The Hall–Kier alpha value is -1.26. The van der Waals surface area contributed by atoms with E-state index in [2.05, 4.69) is 5.32 Å². The van der Waals surface area contributed by atoms with Crippen molar-refractivity contribution in [3.05, 3.63) is 0 Å². The van der Waals surface area contributed by atoms with E-state index in [-0.39, 0.29) is 12.1 Å². The number of nitrogens with zero attached hydrogens (tertiary/aromatic N) is 1. The van der Waals surface area contributed by atoms with Crippen LogP contribution in [0, 0.1) is 0 Å². The molecule has 0 spiro atoms. The zero-order chi connectivity index (χ0) is 11.6. The Morgan fingerprint density at radius 1 is 1.47 bits per heavy atom. The molecule has 0 radical (unpaired) electrons. The fraction of sp³-hybridized carbons (Fsp3) is 0.800. The second-order valence-electron chi connectivity index (χ2n) is 4.54. The van der Waals surface area contributed by atoms with E-state index < -0.39 is 11.5 Å². The van der Waals surface area contributed by atoms with Gasteiger partial charge in [0.2, 0.25) is 0 Å². The van der Waals surface area contributed by atoms with Crippen molar-refractivity contribution in [2.75, 3.05) is 6.54 Å². The summed E-state index contributed by atoms with van der Waals surface area (Å²) in [7, 11) is 0. The number of carboxylic acid groups (broad SMARTS) is 1. The summed E-state index contributed by atoms with van der Waals surface area (Å²) in [5.41, 5.74) is -1.21. The van der Waals surface area contributed by atoms with Crippen LogP contribution in [0.15, 0.2) is 0 Å². The van der Waals surface area contributed by atoms with Crippen LogP contribution in [0.2, 0.25) is 0 Å². The standard InChI is InChI=1S/C10H18N2O3/c1-7-5-4-6-12(7)9(15)11-10(2,3)8(13)14/h7H,4-6H2,1-3H3,(H,11,15)(H,13,14). The number of likely N-dealkylation sites (tertiary alicyclic amines) is 1. The first kappa shape index (κ1) is 11.8. The van der Waals surface area contributed by atoms with Gasteiger partial charge >= 0.3 is 12.0 Å². The molecule has 5 nitrogen and oxygen atoms in total. The predicted molar refractivity (Wildman–Crippen MR) is 55.6 cm³/mol. The van der Waals surface area contributed by atoms with Crippen LogP contribution in [-0.2, 0) is 4.79 Å². The summed E-state index contributed by atoms with van der Waals surface area (Å²) in [5.74, 6) is -1.03. The minimum Gasteiger partial charge on any atom is -0.480 e. The third kappa shape index (κ3) is 2.61. The molecule has 0 aliphatic carbocycles. The molecule has 0 aromatic carbocycles. The van der Waals surface area contributed by atoms with Crippen LogP contribution in [0.25, 0.3) is 0 Å². The molecule has 1 aliphatic heterocycles. The molecule has 5 heteroatoms. The molecule has 1 aliphatic rings. The average molecular weight is 214 g/mol. The molecule has 0 aromatic heterocycles. The average Bonchev–Trinajstić information content (AvgIpc) is 2.50. The molecule has 1 saturated heterocycles. The quantitative estimate of drug-likeness (QED) is 0.721. The number of carbonyl (C=O) groups excluding carboxylic acids is 1. The number of rotatable bonds is 2. The SMILES string of the molecule is CC1CCCN1C(=O)NC(C)(C)C(=O)O. The van der Waals surface area contributed by atoms with E-state index >= 15 is 0 Å². The van der Waals surface area contributed by atoms with Crippen molar-refractivity contribution in [1.29, 1.82) is 0 Å². The Kier molecular flexibility index (Phi) is 3.21. The summed E-state index contributed by atoms with van der Waals surface area (Å²) in [6.07, 6.45) is 1.98. The van der Waals surface area contributed by atoms with Crippen molar-refractivity contribution in [3.63, 3.8) is 0 Å². The van der Waals surface area contributed by atoms with Gasteiger partial charge in [-0.1, -0.05) is 0 Å². The number of hydrogen-bond acceptors (Lipinski definition) is 2. The van der Waals surface area contributed by atoms with Crippen LogP contribution >= 0.6 is 0 Å². The zero-order valence-electron chi connectivity index (χ0n) is 9.41. The number of aliphatic carboxylic acids is 1. The lowest BCUT2D eigenvalue weighted by molar-refractivity contribution is -0.143. The summed E-state index contributed by atoms with van der Waals surface area (Å²) in [5, 5.41) is 11.4. The van der Waals surface area contributed by atoms with Gasteiger partial charge < -0.3 is 15.3 Å². The van der Waals surface area contributed by atoms with Crippen LogP contribution in [0.3, 0.4) is 0 Å². The first-order chi connectivity index (χ1) is 6.84. The second kappa shape index (κ2) is 4.08. The zero-order valence-corrected chi connectivity index (χ0v) is 9.41. The highest BCUT2D eigenvalue weighted by Gasteiger charge is 2.33. The number of amides is 2. The van der Waals surface area contributed by atoms with Crippen molar-refractivity contribution in [3.8, 4) is 0 Å². The first-order valence-electron chi connectivity index (χ1n) is 5.17.